The van der Waals surface area contributed by atoms with Gasteiger partial charge in [0.2, 0.25) is 5.91 Å². The summed E-state index contributed by atoms with van der Waals surface area (Å²) >= 11 is 0. The van der Waals surface area contributed by atoms with Crippen molar-refractivity contribution < 1.29 is 4.79 Å². The zero-order valence-electron chi connectivity index (χ0n) is 11.3. The average molecular weight is 250 g/mol. The average Bonchev–Trinajstić information content (AvgIpc) is 2.33. The molecule has 18 heavy (non-hydrogen) atoms. The van der Waals surface area contributed by atoms with Gasteiger partial charge >= 0.3 is 0 Å². The van der Waals surface area contributed by atoms with Crippen molar-refractivity contribution in [3.8, 4) is 0 Å². The number of nitrogens with zero attached hydrogens (tertiary/aromatic N) is 2. The molecule has 0 fully saturated rings. The van der Waals surface area contributed by atoms with E-state index in [0.29, 0.717) is 13.1 Å². The van der Waals surface area contributed by atoms with E-state index >= 15 is 0 Å². The van der Waals surface area contributed by atoms with Gasteiger partial charge < -0.3 is 11.1 Å². The van der Waals surface area contributed by atoms with Gasteiger partial charge in [0, 0.05) is 12.7 Å². The lowest BCUT2D eigenvalue weighted by molar-refractivity contribution is -0.125. The number of nitrogens with one attached hydrogen (secondary N) is 1. The third kappa shape index (κ3) is 5.23. The number of carbonyl (C=O) groups excluding carboxylic acids is 1. The van der Waals surface area contributed by atoms with Gasteiger partial charge in [-0.1, -0.05) is 20.8 Å². The highest BCUT2D eigenvalue weighted by molar-refractivity contribution is 5.78. The van der Waals surface area contributed by atoms with E-state index in [9.17, 15) is 4.79 Å². The lowest BCUT2D eigenvalue weighted by atomic mass is 9.84. The third-order valence-electron chi connectivity index (χ3n) is 2.60. The maximum Gasteiger partial charge on any atom is 0.224 e. The van der Waals surface area contributed by atoms with E-state index in [1.807, 2.05) is 0 Å². The molecule has 5 heteroatoms. The fourth-order valence-corrected chi connectivity index (χ4v) is 1.77. The van der Waals surface area contributed by atoms with Crippen LogP contribution in [0.5, 0.6) is 0 Å². The van der Waals surface area contributed by atoms with Crippen molar-refractivity contribution >= 4 is 5.91 Å². The quantitative estimate of drug-likeness (QED) is 0.820. The van der Waals surface area contributed by atoms with Crippen LogP contribution in [0.3, 0.4) is 0 Å². The van der Waals surface area contributed by atoms with Crippen LogP contribution in [0, 0.1) is 11.3 Å². The van der Waals surface area contributed by atoms with E-state index in [2.05, 4.69) is 36.1 Å². The summed E-state index contributed by atoms with van der Waals surface area (Å²) in [6.07, 6.45) is 3.90. The second kappa shape index (κ2) is 6.44. The molecule has 0 saturated heterocycles. The predicted octanol–water partition coefficient (Wildman–Crippen LogP) is 1.10. The molecular weight excluding hydrogens is 228 g/mol. The van der Waals surface area contributed by atoms with Gasteiger partial charge in [-0.15, -0.1) is 0 Å². The SMILES string of the molecule is CC(C)(C)CC(CN)C(=O)NCc1ccncn1. The van der Waals surface area contributed by atoms with Crippen molar-refractivity contribution in [2.45, 2.75) is 33.7 Å². The Balaban J connectivity index is 2.48. The van der Waals surface area contributed by atoms with Crippen LogP contribution in [0.1, 0.15) is 32.9 Å². The molecule has 100 valence electrons. The smallest absolute Gasteiger partial charge is 0.224 e. The molecule has 3 N–H and O–H groups in total. The second-order valence-electron chi connectivity index (χ2n) is 5.62. The molecule has 1 rings (SSSR count). The van der Waals surface area contributed by atoms with Gasteiger partial charge in [-0.3, -0.25) is 4.79 Å². The number of carbonyl (C=O) groups is 1. The molecule has 0 aliphatic heterocycles. The Morgan fingerprint density at radius 3 is 2.72 bits per heavy atom. The molecule has 1 amide bonds. The molecule has 1 aromatic heterocycles. The Hall–Kier alpha value is -1.49. The molecule has 0 radical (unpaired) electrons. The minimum Gasteiger partial charge on any atom is -0.350 e. The summed E-state index contributed by atoms with van der Waals surface area (Å²) in [6.45, 7) is 7.10. The van der Waals surface area contributed by atoms with Crippen LogP contribution in [-0.2, 0) is 11.3 Å². The standard InChI is InChI=1S/C13H22N4O/c1-13(2,3)6-10(7-14)12(18)16-8-11-4-5-15-9-17-11/h4-5,9-10H,6-8,14H2,1-3H3,(H,16,18). The van der Waals surface area contributed by atoms with Gasteiger partial charge in [-0.05, 0) is 17.9 Å². The van der Waals surface area contributed by atoms with E-state index in [0.717, 1.165) is 12.1 Å². The molecule has 0 saturated carbocycles. The molecule has 1 atom stereocenters. The normalized spacial score (nSPS) is 13.1. The van der Waals surface area contributed by atoms with E-state index in [4.69, 9.17) is 5.73 Å². The molecule has 0 bridgehead atoms. The lowest BCUT2D eigenvalue weighted by Gasteiger charge is -2.24. The highest BCUT2D eigenvalue weighted by Gasteiger charge is 2.23. The van der Waals surface area contributed by atoms with Crippen LogP contribution < -0.4 is 11.1 Å². The number of hydrogen-bond donors (Lipinski definition) is 2. The molecule has 0 aliphatic carbocycles. The molecule has 0 spiro atoms. The van der Waals surface area contributed by atoms with Crippen molar-refractivity contribution in [1.82, 2.24) is 15.3 Å². The minimum atomic E-state index is -0.146. The number of hydrogen-bond acceptors (Lipinski definition) is 4. The molecule has 1 heterocycles. The third-order valence-corrected chi connectivity index (χ3v) is 2.60. The highest BCUT2D eigenvalue weighted by Crippen LogP contribution is 2.23. The van der Waals surface area contributed by atoms with Crippen molar-refractivity contribution in [1.29, 1.82) is 0 Å². The van der Waals surface area contributed by atoms with Gasteiger partial charge in [0.25, 0.3) is 0 Å². The molecule has 0 aromatic carbocycles. The first-order valence-corrected chi connectivity index (χ1v) is 6.15. The number of nitrogens with two attached hydrogens (primary N) is 1. The van der Waals surface area contributed by atoms with Gasteiger partial charge in [-0.2, -0.15) is 0 Å². The van der Waals surface area contributed by atoms with E-state index in [1.54, 1.807) is 12.3 Å². The highest BCUT2D eigenvalue weighted by atomic mass is 16.1. The topological polar surface area (TPSA) is 80.9 Å². The van der Waals surface area contributed by atoms with Crippen LogP contribution in [-0.4, -0.2) is 22.4 Å². The maximum atomic E-state index is 12.0. The Morgan fingerprint density at radius 2 is 2.22 bits per heavy atom. The van der Waals surface area contributed by atoms with Gasteiger partial charge in [0.15, 0.2) is 0 Å². The minimum absolute atomic E-state index is 0.00830. The summed E-state index contributed by atoms with van der Waals surface area (Å²) in [5.74, 6) is -0.155. The van der Waals surface area contributed by atoms with Crippen LogP contribution >= 0.6 is 0 Å². The molecule has 5 nitrogen and oxygen atoms in total. The molecular formula is C13H22N4O. The first-order valence-electron chi connectivity index (χ1n) is 6.15. The van der Waals surface area contributed by atoms with E-state index < -0.39 is 0 Å². The van der Waals surface area contributed by atoms with Crippen molar-refractivity contribution in [2.75, 3.05) is 6.54 Å². The van der Waals surface area contributed by atoms with Crippen molar-refractivity contribution in [2.24, 2.45) is 17.1 Å². The number of rotatable bonds is 5. The maximum absolute atomic E-state index is 12.0. The summed E-state index contributed by atoms with van der Waals surface area (Å²) in [7, 11) is 0. The predicted molar refractivity (Wildman–Crippen MR) is 70.5 cm³/mol. The van der Waals surface area contributed by atoms with Crippen LogP contribution in [0.2, 0.25) is 0 Å². The fourth-order valence-electron chi connectivity index (χ4n) is 1.77. The van der Waals surface area contributed by atoms with Crippen molar-refractivity contribution in [3.05, 3.63) is 24.3 Å². The zero-order valence-corrected chi connectivity index (χ0v) is 11.3. The largest absolute Gasteiger partial charge is 0.350 e. The Morgan fingerprint density at radius 1 is 1.50 bits per heavy atom. The first kappa shape index (κ1) is 14.6. The lowest BCUT2D eigenvalue weighted by Crippen LogP contribution is -2.37. The van der Waals surface area contributed by atoms with Crippen LogP contribution in [0.4, 0.5) is 0 Å². The number of amides is 1. The Kier molecular flexibility index (Phi) is 5.22. The molecule has 1 aromatic rings. The summed E-state index contributed by atoms with van der Waals surface area (Å²) in [6, 6.07) is 1.78. The molecule has 1 unspecified atom stereocenters. The van der Waals surface area contributed by atoms with Crippen LogP contribution in [0.25, 0.3) is 0 Å². The van der Waals surface area contributed by atoms with E-state index in [-0.39, 0.29) is 17.2 Å². The summed E-state index contributed by atoms with van der Waals surface area (Å²) in [5.41, 5.74) is 6.55. The zero-order chi connectivity index (χ0) is 13.6. The number of aromatic nitrogens is 2. The summed E-state index contributed by atoms with van der Waals surface area (Å²) < 4.78 is 0. The second-order valence-corrected chi connectivity index (χ2v) is 5.62. The van der Waals surface area contributed by atoms with Crippen molar-refractivity contribution in [3.63, 3.8) is 0 Å². The van der Waals surface area contributed by atoms with Crippen LogP contribution in [0.15, 0.2) is 18.6 Å². The summed E-state index contributed by atoms with van der Waals surface area (Å²) in [5, 5.41) is 2.86. The summed E-state index contributed by atoms with van der Waals surface area (Å²) in [4.78, 5) is 19.9. The van der Waals surface area contributed by atoms with Gasteiger partial charge in [0.1, 0.15) is 6.33 Å². The Labute approximate surface area is 108 Å². The monoisotopic (exact) mass is 250 g/mol. The molecule has 0 aliphatic rings. The fraction of sp³-hybridized carbons (Fsp3) is 0.615. The Bertz CT molecular complexity index is 372. The van der Waals surface area contributed by atoms with E-state index in [1.165, 1.54) is 6.33 Å². The van der Waals surface area contributed by atoms with Gasteiger partial charge in [-0.25, -0.2) is 9.97 Å². The van der Waals surface area contributed by atoms with Gasteiger partial charge in [0.05, 0.1) is 18.2 Å². The first-order chi connectivity index (χ1) is 8.42.